The van der Waals surface area contributed by atoms with Crippen LogP contribution in [0, 0.1) is 6.92 Å². The molecule has 0 aliphatic carbocycles. The summed E-state index contributed by atoms with van der Waals surface area (Å²) >= 11 is 3.50. The molecule has 2 nitrogen and oxygen atoms in total. The van der Waals surface area contributed by atoms with E-state index in [1.54, 1.807) is 22.7 Å². The molecule has 120 valence electrons. The minimum atomic E-state index is 0.647. The first-order valence-electron chi connectivity index (χ1n) is 7.92. The van der Waals surface area contributed by atoms with E-state index in [0.717, 1.165) is 22.9 Å². The van der Waals surface area contributed by atoms with Crippen molar-refractivity contribution >= 4 is 32.8 Å². The van der Waals surface area contributed by atoms with Crippen molar-refractivity contribution in [1.29, 1.82) is 0 Å². The van der Waals surface area contributed by atoms with Crippen LogP contribution in [-0.2, 0) is 6.42 Å². The fourth-order valence-electron chi connectivity index (χ4n) is 2.71. The number of ether oxygens (including phenoxy) is 1. The first-order valence-corrected chi connectivity index (χ1v) is 9.61. The maximum atomic E-state index is 6.02. The summed E-state index contributed by atoms with van der Waals surface area (Å²) < 4.78 is 7.29. The first kappa shape index (κ1) is 15.4. The molecule has 2 aromatic heterocycles. The smallest absolute Gasteiger partial charge is 0.127 e. The lowest BCUT2D eigenvalue weighted by Crippen LogP contribution is -2.02. The average Bonchev–Trinajstić information content (AvgIpc) is 3.23. The quantitative estimate of drug-likeness (QED) is 0.443. The molecule has 0 N–H and O–H groups in total. The van der Waals surface area contributed by atoms with Crippen LogP contribution in [0.25, 0.3) is 20.7 Å². The fraction of sp³-hybridized carbons (Fsp3) is 0.150. The highest BCUT2D eigenvalue weighted by atomic mass is 32.1. The SMILES string of the molecule is Cc1sc(-c2ccccc2)nc1CCOc1cccc2sccc12. The summed E-state index contributed by atoms with van der Waals surface area (Å²) in [6.45, 7) is 2.78. The molecule has 2 heterocycles. The predicted octanol–water partition coefficient (Wildman–Crippen LogP) is 5.95. The van der Waals surface area contributed by atoms with Gasteiger partial charge in [0.15, 0.2) is 0 Å². The van der Waals surface area contributed by atoms with Crippen molar-refractivity contribution in [3.63, 3.8) is 0 Å². The van der Waals surface area contributed by atoms with E-state index >= 15 is 0 Å². The molecule has 4 aromatic rings. The molecule has 24 heavy (non-hydrogen) atoms. The van der Waals surface area contributed by atoms with E-state index in [1.807, 2.05) is 12.1 Å². The number of aryl methyl sites for hydroxylation is 1. The van der Waals surface area contributed by atoms with Gasteiger partial charge >= 0.3 is 0 Å². The Bertz CT molecular complexity index is 956. The Balaban J connectivity index is 1.47. The number of thiophene rings is 1. The van der Waals surface area contributed by atoms with Crippen molar-refractivity contribution in [2.45, 2.75) is 13.3 Å². The van der Waals surface area contributed by atoms with Crippen LogP contribution < -0.4 is 4.74 Å². The highest BCUT2D eigenvalue weighted by Gasteiger charge is 2.10. The monoisotopic (exact) mass is 351 g/mol. The van der Waals surface area contributed by atoms with Gasteiger partial charge in [-0.15, -0.1) is 22.7 Å². The lowest BCUT2D eigenvalue weighted by molar-refractivity contribution is 0.324. The van der Waals surface area contributed by atoms with Gasteiger partial charge in [0.25, 0.3) is 0 Å². The topological polar surface area (TPSA) is 22.1 Å². The van der Waals surface area contributed by atoms with E-state index < -0.39 is 0 Å². The minimum absolute atomic E-state index is 0.647. The molecule has 0 radical (unpaired) electrons. The molecule has 4 rings (SSSR count). The summed E-state index contributed by atoms with van der Waals surface area (Å²) in [5, 5.41) is 4.39. The maximum absolute atomic E-state index is 6.02. The average molecular weight is 351 g/mol. The standard InChI is InChI=1S/C20H17NOS2/c1-14-17(21-20(24-14)15-6-3-2-4-7-15)10-12-22-18-8-5-9-19-16(18)11-13-23-19/h2-9,11,13H,10,12H2,1H3. The molecule has 0 aliphatic heterocycles. The van der Waals surface area contributed by atoms with E-state index in [-0.39, 0.29) is 0 Å². The molecular weight excluding hydrogens is 334 g/mol. The second-order valence-electron chi connectivity index (χ2n) is 5.57. The number of nitrogens with zero attached hydrogens (tertiary/aromatic N) is 1. The summed E-state index contributed by atoms with van der Waals surface area (Å²) in [4.78, 5) is 6.07. The Morgan fingerprint density at radius 2 is 1.88 bits per heavy atom. The maximum Gasteiger partial charge on any atom is 0.127 e. The third kappa shape index (κ3) is 3.07. The van der Waals surface area contributed by atoms with Gasteiger partial charge in [0, 0.05) is 26.9 Å². The number of rotatable bonds is 5. The van der Waals surface area contributed by atoms with Crippen molar-refractivity contribution in [3.8, 4) is 16.3 Å². The Morgan fingerprint density at radius 3 is 2.75 bits per heavy atom. The van der Waals surface area contributed by atoms with Gasteiger partial charge in [0.1, 0.15) is 10.8 Å². The second-order valence-corrected chi connectivity index (χ2v) is 7.73. The zero-order chi connectivity index (χ0) is 16.4. The first-order chi connectivity index (χ1) is 11.8. The van der Waals surface area contributed by atoms with Gasteiger partial charge in [-0.2, -0.15) is 0 Å². The van der Waals surface area contributed by atoms with E-state index in [4.69, 9.17) is 9.72 Å². The number of hydrogen-bond donors (Lipinski definition) is 0. The van der Waals surface area contributed by atoms with Gasteiger partial charge in [-0.05, 0) is 30.5 Å². The zero-order valence-corrected chi connectivity index (χ0v) is 15.0. The van der Waals surface area contributed by atoms with E-state index in [2.05, 4.69) is 54.8 Å². The van der Waals surface area contributed by atoms with E-state index in [9.17, 15) is 0 Å². The lowest BCUT2D eigenvalue weighted by Gasteiger charge is -2.06. The van der Waals surface area contributed by atoms with Crippen molar-refractivity contribution in [2.24, 2.45) is 0 Å². The van der Waals surface area contributed by atoms with Gasteiger partial charge in [0.2, 0.25) is 0 Å². The molecule has 0 fully saturated rings. The normalized spacial score (nSPS) is 11.0. The molecule has 0 aliphatic rings. The van der Waals surface area contributed by atoms with E-state index in [0.29, 0.717) is 6.61 Å². The third-order valence-corrected chi connectivity index (χ3v) is 5.91. The van der Waals surface area contributed by atoms with Crippen molar-refractivity contribution in [2.75, 3.05) is 6.61 Å². The Morgan fingerprint density at radius 1 is 1.00 bits per heavy atom. The molecule has 0 amide bonds. The predicted molar refractivity (Wildman–Crippen MR) is 103 cm³/mol. The molecule has 4 heteroatoms. The summed E-state index contributed by atoms with van der Waals surface area (Å²) in [5.74, 6) is 0.963. The van der Waals surface area contributed by atoms with Crippen molar-refractivity contribution < 1.29 is 4.74 Å². The van der Waals surface area contributed by atoms with Crippen LogP contribution in [0.2, 0.25) is 0 Å². The van der Waals surface area contributed by atoms with Gasteiger partial charge < -0.3 is 4.74 Å². The number of aromatic nitrogens is 1. The number of thiazole rings is 1. The van der Waals surface area contributed by atoms with Crippen LogP contribution in [0.5, 0.6) is 5.75 Å². The Labute approximate surface area is 149 Å². The van der Waals surface area contributed by atoms with Crippen LogP contribution in [0.1, 0.15) is 10.6 Å². The summed E-state index contributed by atoms with van der Waals surface area (Å²) in [7, 11) is 0. The van der Waals surface area contributed by atoms with Crippen molar-refractivity contribution in [1.82, 2.24) is 4.98 Å². The molecule has 0 spiro atoms. The highest BCUT2D eigenvalue weighted by molar-refractivity contribution is 7.17. The molecule has 0 bridgehead atoms. The summed E-state index contributed by atoms with van der Waals surface area (Å²) in [5.41, 5.74) is 2.32. The molecule has 0 saturated carbocycles. The molecule has 2 aromatic carbocycles. The molecule has 0 saturated heterocycles. The third-order valence-electron chi connectivity index (χ3n) is 3.97. The molecule has 0 atom stereocenters. The van der Waals surface area contributed by atoms with Crippen LogP contribution in [0.4, 0.5) is 0 Å². The molecular formula is C20H17NOS2. The molecule has 0 unspecified atom stereocenters. The summed E-state index contributed by atoms with van der Waals surface area (Å²) in [6, 6.07) is 18.7. The van der Waals surface area contributed by atoms with E-state index in [1.165, 1.54) is 20.5 Å². The highest BCUT2D eigenvalue weighted by Crippen LogP contribution is 2.30. The lowest BCUT2D eigenvalue weighted by atomic mass is 10.2. The Hall–Kier alpha value is -2.17. The minimum Gasteiger partial charge on any atom is -0.493 e. The Kier molecular flexibility index (Phi) is 4.32. The van der Waals surface area contributed by atoms with Crippen molar-refractivity contribution in [3.05, 3.63) is 70.5 Å². The van der Waals surface area contributed by atoms with Crippen LogP contribution in [-0.4, -0.2) is 11.6 Å². The fourth-order valence-corrected chi connectivity index (χ4v) is 4.48. The van der Waals surface area contributed by atoms with Crippen LogP contribution in [0.15, 0.2) is 60.0 Å². The largest absolute Gasteiger partial charge is 0.493 e. The van der Waals surface area contributed by atoms with Crippen LogP contribution >= 0.6 is 22.7 Å². The van der Waals surface area contributed by atoms with Gasteiger partial charge in [-0.25, -0.2) is 4.98 Å². The summed E-state index contributed by atoms with van der Waals surface area (Å²) in [6.07, 6.45) is 0.829. The number of benzene rings is 2. The van der Waals surface area contributed by atoms with Crippen LogP contribution in [0.3, 0.4) is 0 Å². The number of hydrogen-bond acceptors (Lipinski definition) is 4. The number of fused-ring (bicyclic) bond motifs is 1. The van der Waals surface area contributed by atoms with Gasteiger partial charge in [-0.3, -0.25) is 0 Å². The van der Waals surface area contributed by atoms with Gasteiger partial charge in [-0.1, -0.05) is 36.4 Å². The van der Waals surface area contributed by atoms with Gasteiger partial charge in [0.05, 0.1) is 12.3 Å². The second kappa shape index (κ2) is 6.75. The zero-order valence-electron chi connectivity index (χ0n) is 13.4.